The maximum atomic E-state index is 12.0. The maximum Gasteiger partial charge on any atom is 0.224 e. The van der Waals surface area contributed by atoms with E-state index in [2.05, 4.69) is 5.32 Å². The molecule has 0 aliphatic heterocycles. The summed E-state index contributed by atoms with van der Waals surface area (Å²) in [6, 6.07) is 5.30. The molecule has 2 amide bonds. The number of anilines is 1. The minimum absolute atomic E-state index is 0.0847. The van der Waals surface area contributed by atoms with E-state index >= 15 is 0 Å². The highest BCUT2D eigenvalue weighted by Crippen LogP contribution is 2.32. The molecule has 1 aliphatic carbocycles. The van der Waals surface area contributed by atoms with Crippen LogP contribution in [0.4, 0.5) is 5.69 Å². The third-order valence-corrected chi connectivity index (χ3v) is 4.17. The second-order valence-corrected chi connectivity index (χ2v) is 5.63. The summed E-state index contributed by atoms with van der Waals surface area (Å²) in [5.74, 6) is 1.35. The van der Waals surface area contributed by atoms with Gasteiger partial charge in [0.15, 0.2) is 0 Å². The average molecular weight is 320 g/mol. The lowest BCUT2D eigenvalue weighted by Gasteiger charge is -2.26. The minimum atomic E-state index is -0.105. The molecule has 1 saturated carbocycles. The van der Waals surface area contributed by atoms with Crippen molar-refractivity contribution in [2.75, 3.05) is 32.2 Å². The third-order valence-electron chi connectivity index (χ3n) is 4.17. The van der Waals surface area contributed by atoms with Crippen LogP contribution in [0.1, 0.15) is 26.2 Å². The van der Waals surface area contributed by atoms with Crippen molar-refractivity contribution < 1.29 is 19.1 Å². The molecule has 1 aromatic carbocycles. The van der Waals surface area contributed by atoms with Gasteiger partial charge in [-0.2, -0.15) is 0 Å². The highest BCUT2D eigenvalue weighted by Gasteiger charge is 2.25. The number of amides is 2. The zero-order valence-corrected chi connectivity index (χ0v) is 13.9. The van der Waals surface area contributed by atoms with Crippen molar-refractivity contribution in [2.24, 2.45) is 5.92 Å². The molecule has 126 valence electrons. The fourth-order valence-corrected chi connectivity index (χ4v) is 2.56. The van der Waals surface area contributed by atoms with Gasteiger partial charge in [-0.15, -0.1) is 0 Å². The van der Waals surface area contributed by atoms with Crippen LogP contribution in [0.3, 0.4) is 0 Å². The van der Waals surface area contributed by atoms with Gasteiger partial charge in [-0.3, -0.25) is 9.59 Å². The van der Waals surface area contributed by atoms with Crippen LogP contribution in [0, 0.1) is 5.92 Å². The summed E-state index contributed by atoms with van der Waals surface area (Å²) >= 11 is 0. The topological polar surface area (TPSA) is 67.9 Å². The number of benzene rings is 1. The van der Waals surface area contributed by atoms with Crippen LogP contribution in [-0.4, -0.2) is 39.1 Å². The molecule has 6 nitrogen and oxygen atoms in total. The first-order valence-corrected chi connectivity index (χ1v) is 7.84. The molecule has 0 unspecified atom stereocenters. The summed E-state index contributed by atoms with van der Waals surface area (Å²) in [7, 11) is 3.13. The van der Waals surface area contributed by atoms with Crippen molar-refractivity contribution in [1.29, 1.82) is 0 Å². The lowest BCUT2D eigenvalue weighted by Crippen LogP contribution is -2.41. The molecule has 1 N–H and O–H groups in total. The Morgan fingerprint density at radius 3 is 2.52 bits per heavy atom. The molecule has 0 spiro atoms. The molecule has 0 radical (unpaired) electrons. The predicted molar refractivity (Wildman–Crippen MR) is 87.9 cm³/mol. The molecule has 1 fully saturated rings. The maximum absolute atomic E-state index is 12.0. The van der Waals surface area contributed by atoms with Crippen molar-refractivity contribution in [3.63, 3.8) is 0 Å². The van der Waals surface area contributed by atoms with E-state index in [1.807, 2.05) is 0 Å². The van der Waals surface area contributed by atoms with E-state index in [1.54, 1.807) is 37.3 Å². The Bertz CT molecular complexity index is 570. The van der Waals surface area contributed by atoms with E-state index in [-0.39, 0.29) is 17.7 Å². The standard InChI is InChI=1S/C17H24N2O4/c1-12(20)19(10-9-18-17(21)13-5-4-6-13)15-8-7-14(22-2)11-16(15)23-3/h7-8,11,13H,4-6,9-10H2,1-3H3,(H,18,21). The second kappa shape index (κ2) is 7.85. The lowest BCUT2D eigenvalue weighted by atomic mass is 9.85. The van der Waals surface area contributed by atoms with E-state index in [9.17, 15) is 9.59 Å². The first-order chi connectivity index (χ1) is 11.1. The number of nitrogens with zero attached hydrogens (tertiary/aromatic N) is 1. The molecule has 1 aliphatic rings. The fraction of sp³-hybridized carbons (Fsp3) is 0.529. The molecule has 6 heteroatoms. The number of carbonyl (C=O) groups excluding carboxylic acids is 2. The third kappa shape index (κ3) is 4.15. The number of carbonyl (C=O) groups is 2. The molecule has 1 aromatic rings. The van der Waals surface area contributed by atoms with Gasteiger partial charge >= 0.3 is 0 Å². The van der Waals surface area contributed by atoms with Crippen molar-refractivity contribution in [3.8, 4) is 11.5 Å². The Hall–Kier alpha value is -2.24. The first-order valence-electron chi connectivity index (χ1n) is 7.84. The summed E-state index contributed by atoms with van der Waals surface area (Å²) in [6.07, 6.45) is 3.06. The SMILES string of the molecule is COc1ccc(N(CCNC(=O)C2CCC2)C(C)=O)c(OC)c1. The molecule has 2 rings (SSSR count). The Morgan fingerprint density at radius 2 is 2.00 bits per heavy atom. The lowest BCUT2D eigenvalue weighted by molar-refractivity contribution is -0.127. The highest BCUT2D eigenvalue weighted by molar-refractivity contribution is 5.93. The Kier molecular flexibility index (Phi) is 5.84. The van der Waals surface area contributed by atoms with E-state index < -0.39 is 0 Å². The summed E-state index contributed by atoms with van der Waals surface area (Å²) in [5, 5.41) is 2.90. The Morgan fingerprint density at radius 1 is 1.26 bits per heavy atom. The fourth-order valence-electron chi connectivity index (χ4n) is 2.56. The van der Waals surface area contributed by atoms with Gasteiger partial charge in [-0.25, -0.2) is 0 Å². The number of hydrogen-bond donors (Lipinski definition) is 1. The van der Waals surface area contributed by atoms with E-state index in [0.29, 0.717) is 30.3 Å². The second-order valence-electron chi connectivity index (χ2n) is 5.63. The first kappa shape index (κ1) is 17.1. The number of ether oxygens (including phenoxy) is 2. The molecular weight excluding hydrogens is 296 g/mol. The van der Waals surface area contributed by atoms with Crippen LogP contribution >= 0.6 is 0 Å². The van der Waals surface area contributed by atoms with Gasteiger partial charge in [0.1, 0.15) is 11.5 Å². The van der Waals surface area contributed by atoms with Gasteiger partial charge in [-0.1, -0.05) is 6.42 Å². The summed E-state index contributed by atoms with van der Waals surface area (Å²) < 4.78 is 10.5. The predicted octanol–water partition coefficient (Wildman–Crippen LogP) is 1.97. The van der Waals surface area contributed by atoms with Gasteiger partial charge in [0.2, 0.25) is 11.8 Å². The van der Waals surface area contributed by atoms with Crippen molar-refractivity contribution in [1.82, 2.24) is 5.32 Å². The molecular formula is C17H24N2O4. The summed E-state index contributed by atoms with van der Waals surface area (Å²) in [4.78, 5) is 25.4. The van der Waals surface area contributed by atoms with Gasteiger partial charge in [-0.05, 0) is 25.0 Å². The summed E-state index contributed by atoms with van der Waals surface area (Å²) in [5.41, 5.74) is 0.665. The molecule has 0 aromatic heterocycles. The zero-order chi connectivity index (χ0) is 16.8. The number of rotatable bonds is 7. The van der Waals surface area contributed by atoms with E-state index in [0.717, 1.165) is 19.3 Å². The van der Waals surface area contributed by atoms with Crippen molar-refractivity contribution in [3.05, 3.63) is 18.2 Å². The largest absolute Gasteiger partial charge is 0.497 e. The molecule has 23 heavy (non-hydrogen) atoms. The normalized spacial score (nSPS) is 13.9. The van der Waals surface area contributed by atoms with Crippen molar-refractivity contribution >= 4 is 17.5 Å². The van der Waals surface area contributed by atoms with Crippen LogP contribution in [0.5, 0.6) is 11.5 Å². The zero-order valence-electron chi connectivity index (χ0n) is 13.9. The smallest absolute Gasteiger partial charge is 0.224 e. The van der Waals surface area contributed by atoms with Gasteiger partial charge in [0.05, 0.1) is 19.9 Å². The van der Waals surface area contributed by atoms with Crippen LogP contribution in [0.15, 0.2) is 18.2 Å². The number of nitrogens with one attached hydrogen (secondary N) is 1. The molecule has 0 heterocycles. The molecule has 0 atom stereocenters. The Labute approximate surface area is 136 Å². The van der Waals surface area contributed by atoms with Crippen LogP contribution < -0.4 is 19.7 Å². The Balaban J connectivity index is 2.03. The number of hydrogen-bond acceptors (Lipinski definition) is 4. The van der Waals surface area contributed by atoms with Gasteiger partial charge in [0, 0.05) is 32.0 Å². The minimum Gasteiger partial charge on any atom is -0.497 e. The molecule has 0 bridgehead atoms. The van der Waals surface area contributed by atoms with E-state index in [1.165, 1.54) is 6.92 Å². The van der Waals surface area contributed by atoms with Crippen molar-refractivity contribution in [2.45, 2.75) is 26.2 Å². The van der Waals surface area contributed by atoms with Crippen LogP contribution in [0.2, 0.25) is 0 Å². The quantitative estimate of drug-likeness (QED) is 0.834. The number of methoxy groups -OCH3 is 2. The molecule has 0 saturated heterocycles. The monoisotopic (exact) mass is 320 g/mol. The van der Waals surface area contributed by atoms with Gasteiger partial charge < -0.3 is 19.7 Å². The highest BCUT2D eigenvalue weighted by atomic mass is 16.5. The summed E-state index contributed by atoms with van der Waals surface area (Å²) in [6.45, 7) is 2.32. The van der Waals surface area contributed by atoms with E-state index in [4.69, 9.17) is 9.47 Å². The van der Waals surface area contributed by atoms with Crippen LogP contribution in [0.25, 0.3) is 0 Å². The van der Waals surface area contributed by atoms with Gasteiger partial charge in [0.25, 0.3) is 0 Å². The average Bonchev–Trinajstić information content (AvgIpc) is 2.49. The van der Waals surface area contributed by atoms with Crippen LogP contribution in [-0.2, 0) is 9.59 Å².